The van der Waals surface area contributed by atoms with E-state index in [0.717, 1.165) is 5.56 Å². The van der Waals surface area contributed by atoms with E-state index in [0.29, 0.717) is 11.4 Å². The van der Waals surface area contributed by atoms with Crippen molar-refractivity contribution >= 4 is 17.6 Å². The third-order valence-electron chi connectivity index (χ3n) is 2.03. The summed E-state index contributed by atoms with van der Waals surface area (Å²) in [6.45, 7) is 1.51. The summed E-state index contributed by atoms with van der Waals surface area (Å²) in [6, 6.07) is 6.98. The van der Waals surface area contributed by atoms with E-state index in [4.69, 9.17) is 16.7 Å². The Balaban J connectivity index is 2.68. The van der Waals surface area contributed by atoms with E-state index in [1.807, 2.05) is 0 Å². The molecule has 0 bridgehead atoms. The Hall–Kier alpha value is -1.06. The topological polar surface area (TPSA) is 57.5 Å². The van der Waals surface area contributed by atoms with Gasteiger partial charge in [0.2, 0.25) is 0 Å². The first-order valence-corrected chi connectivity index (χ1v) is 4.95. The molecule has 1 aromatic rings. The standard InChI is InChI=1S/C11H13ClO3/c1-11(15,7-10(13)14)6-8-2-4-9(12)5-3-8/h2-5,15H,6-7H2,1H3,(H,13,14). The molecule has 1 atom stereocenters. The predicted molar refractivity (Wildman–Crippen MR) is 58.0 cm³/mol. The zero-order chi connectivity index (χ0) is 11.5. The van der Waals surface area contributed by atoms with Gasteiger partial charge in [-0.05, 0) is 24.6 Å². The van der Waals surface area contributed by atoms with Crippen molar-refractivity contribution < 1.29 is 15.0 Å². The van der Waals surface area contributed by atoms with Gasteiger partial charge in [0.05, 0.1) is 12.0 Å². The molecule has 0 spiro atoms. The molecule has 3 nitrogen and oxygen atoms in total. The van der Waals surface area contributed by atoms with Gasteiger partial charge in [0.15, 0.2) is 0 Å². The van der Waals surface area contributed by atoms with Gasteiger partial charge in [0.1, 0.15) is 0 Å². The summed E-state index contributed by atoms with van der Waals surface area (Å²) in [5, 5.41) is 19.0. The first kappa shape index (κ1) is 12.0. The van der Waals surface area contributed by atoms with Gasteiger partial charge in [0, 0.05) is 11.4 Å². The number of halogens is 1. The lowest BCUT2D eigenvalue weighted by atomic mass is 9.93. The summed E-state index contributed by atoms with van der Waals surface area (Å²) in [5.74, 6) is -1.01. The van der Waals surface area contributed by atoms with Crippen LogP contribution in [-0.4, -0.2) is 21.8 Å². The summed E-state index contributed by atoms with van der Waals surface area (Å²) in [6.07, 6.45) is 0.0338. The van der Waals surface area contributed by atoms with E-state index in [1.54, 1.807) is 24.3 Å². The normalized spacial score (nSPS) is 14.6. The van der Waals surface area contributed by atoms with Crippen LogP contribution in [0.25, 0.3) is 0 Å². The number of aliphatic carboxylic acids is 1. The number of carboxylic acids is 1. The molecule has 0 fully saturated rings. The molecule has 0 radical (unpaired) electrons. The van der Waals surface area contributed by atoms with Crippen LogP contribution in [0.3, 0.4) is 0 Å². The van der Waals surface area contributed by atoms with Crippen molar-refractivity contribution in [3.05, 3.63) is 34.9 Å². The zero-order valence-corrected chi connectivity index (χ0v) is 9.16. The van der Waals surface area contributed by atoms with Gasteiger partial charge in [-0.2, -0.15) is 0 Å². The summed E-state index contributed by atoms with van der Waals surface area (Å²) in [4.78, 5) is 10.5. The van der Waals surface area contributed by atoms with Gasteiger partial charge < -0.3 is 10.2 Å². The Kier molecular flexibility index (Phi) is 3.72. The summed E-state index contributed by atoms with van der Waals surface area (Å²) in [7, 11) is 0. The predicted octanol–water partition coefficient (Wildman–Crippen LogP) is 2.11. The average molecular weight is 229 g/mol. The number of aliphatic hydroxyl groups is 1. The molecule has 0 aliphatic heterocycles. The highest BCUT2D eigenvalue weighted by atomic mass is 35.5. The van der Waals surface area contributed by atoms with Crippen molar-refractivity contribution in [2.45, 2.75) is 25.4 Å². The maximum Gasteiger partial charge on any atom is 0.306 e. The van der Waals surface area contributed by atoms with Crippen LogP contribution in [0.5, 0.6) is 0 Å². The minimum absolute atomic E-state index is 0.268. The molecule has 82 valence electrons. The molecular formula is C11H13ClO3. The van der Waals surface area contributed by atoms with Gasteiger partial charge in [0.25, 0.3) is 0 Å². The lowest BCUT2D eigenvalue weighted by molar-refractivity contribution is -0.141. The lowest BCUT2D eigenvalue weighted by Crippen LogP contribution is -2.30. The van der Waals surface area contributed by atoms with Crippen LogP contribution >= 0.6 is 11.6 Å². The second-order valence-electron chi connectivity index (χ2n) is 3.87. The molecular weight excluding hydrogens is 216 g/mol. The van der Waals surface area contributed by atoms with Crippen LogP contribution in [0.1, 0.15) is 18.9 Å². The molecule has 0 aliphatic carbocycles. The molecule has 0 aliphatic rings. The lowest BCUT2D eigenvalue weighted by Gasteiger charge is -2.20. The average Bonchev–Trinajstić information content (AvgIpc) is 2.06. The Bertz CT molecular complexity index is 343. The van der Waals surface area contributed by atoms with E-state index in [-0.39, 0.29) is 6.42 Å². The summed E-state index contributed by atoms with van der Waals surface area (Å²) in [5.41, 5.74) is -0.356. The number of carbonyl (C=O) groups is 1. The largest absolute Gasteiger partial charge is 0.481 e. The Labute approximate surface area is 93.3 Å². The molecule has 2 N–H and O–H groups in total. The fraction of sp³-hybridized carbons (Fsp3) is 0.364. The highest BCUT2D eigenvalue weighted by molar-refractivity contribution is 6.30. The molecule has 1 aromatic carbocycles. The molecule has 0 saturated heterocycles. The number of carboxylic acid groups (broad SMARTS) is 1. The van der Waals surface area contributed by atoms with Gasteiger partial charge >= 0.3 is 5.97 Å². The highest BCUT2D eigenvalue weighted by Crippen LogP contribution is 2.18. The maximum absolute atomic E-state index is 10.5. The molecule has 4 heteroatoms. The second kappa shape index (κ2) is 4.64. The van der Waals surface area contributed by atoms with Gasteiger partial charge in [-0.1, -0.05) is 23.7 Å². The monoisotopic (exact) mass is 228 g/mol. The third-order valence-corrected chi connectivity index (χ3v) is 2.28. The van der Waals surface area contributed by atoms with Crippen molar-refractivity contribution in [1.82, 2.24) is 0 Å². The highest BCUT2D eigenvalue weighted by Gasteiger charge is 2.24. The van der Waals surface area contributed by atoms with Crippen LogP contribution in [0.4, 0.5) is 0 Å². The van der Waals surface area contributed by atoms with Gasteiger partial charge in [-0.3, -0.25) is 4.79 Å². The molecule has 0 aromatic heterocycles. The second-order valence-corrected chi connectivity index (χ2v) is 4.31. The Morgan fingerprint density at radius 1 is 1.40 bits per heavy atom. The fourth-order valence-electron chi connectivity index (χ4n) is 1.43. The minimum Gasteiger partial charge on any atom is -0.481 e. The summed E-state index contributed by atoms with van der Waals surface area (Å²) < 4.78 is 0. The van der Waals surface area contributed by atoms with Crippen molar-refractivity contribution in [1.29, 1.82) is 0 Å². The first-order chi connectivity index (χ1) is 6.89. The molecule has 1 unspecified atom stereocenters. The van der Waals surface area contributed by atoms with Gasteiger partial charge in [-0.25, -0.2) is 0 Å². The third kappa shape index (κ3) is 4.32. The van der Waals surface area contributed by atoms with E-state index in [9.17, 15) is 9.90 Å². The van der Waals surface area contributed by atoms with Crippen molar-refractivity contribution in [3.63, 3.8) is 0 Å². The number of benzene rings is 1. The van der Waals surface area contributed by atoms with Crippen LogP contribution < -0.4 is 0 Å². The minimum atomic E-state index is -1.22. The van der Waals surface area contributed by atoms with Crippen molar-refractivity contribution in [3.8, 4) is 0 Å². The van der Waals surface area contributed by atoms with E-state index < -0.39 is 11.6 Å². The van der Waals surface area contributed by atoms with Crippen LogP contribution in [-0.2, 0) is 11.2 Å². The van der Waals surface area contributed by atoms with Crippen LogP contribution in [0.15, 0.2) is 24.3 Å². The van der Waals surface area contributed by atoms with E-state index >= 15 is 0 Å². The smallest absolute Gasteiger partial charge is 0.306 e. The number of hydrogen-bond acceptors (Lipinski definition) is 2. The zero-order valence-electron chi connectivity index (χ0n) is 8.40. The first-order valence-electron chi connectivity index (χ1n) is 4.58. The Morgan fingerprint density at radius 3 is 2.40 bits per heavy atom. The Morgan fingerprint density at radius 2 is 1.93 bits per heavy atom. The number of hydrogen-bond donors (Lipinski definition) is 2. The van der Waals surface area contributed by atoms with E-state index in [2.05, 4.69) is 0 Å². The van der Waals surface area contributed by atoms with Crippen molar-refractivity contribution in [2.24, 2.45) is 0 Å². The SMILES string of the molecule is CC(O)(CC(=O)O)Cc1ccc(Cl)cc1. The molecule has 0 amide bonds. The molecule has 1 rings (SSSR count). The quantitative estimate of drug-likeness (QED) is 0.830. The fourth-order valence-corrected chi connectivity index (χ4v) is 1.56. The maximum atomic E-state index is 10.5. The van der Waals surface area contributed by atoms with Gasteiger partial charge in [-0.15, -0.1) is 0 Å². The van der Waals surface area contributed by atoms with Crippen LogP contribution in [0, 0.1) is 0 Å². The van der Waals surface area contributed by atoms with Crippen LogP contribution in [0.2, 0.25) is 5.02 Å². The molecule has 15 heavy (non-hydrogen) atoms. The molecule has 0 saturated carbocycles. The van der Waals surface area contributed by atoms with Crippen molar-refractivity contribution in [2.75, 3.05) is 0 Å². The number of rotatable bonds is 4. The molecule has 0 heterocycles. The summed E-state index contributed by atoms with van der Waals surface area (Å²) >= 11 is 5.71. The van der Waals surface area contributed by atoms with E-state index in [1.165, 1.54) is 6.92 Å².